The molecule has 0 saturated heterocycles. The molecule has 19 heavy (non-hydrogen) atoms. The first-order chi connectivity index (χ1) is 8.79. The molecule has 0 aliphatic heterocycles. The van der Waals surface area contributed by atoms with Crippen LogP contribution in [-0.4, -0.2) is 23.5 Å². The smallest absolute Gasteiger partial charge is 0.252 e. The normalized spacial score (nSPS) is 12.3. The van der Waals surface area contributed by atoms with E-state index in [1.54, 1.807) is 19.9 Å². The number of hydrogen-bond donors (Lipinski definition) is 3. The van der Waals surface area contributed by atoms with Crippen LogP contribution in [0.5, 0.6) is 0 Å². The van der Waals surface area contributed by atoms with Crippen molar-refractivity contribution >= 4 is 34.3 Å². The predicted molar refractivity (Wildman–Crippen MR) is 83.4 cm³/mol. The molecule has 0 radical (unpaired) electrons. The molecule has 0 spiro atoms. The first-order valence-corrected chi connectivity index (χ1v) is 6.89. The molecule has 0 fully saturated rings. The summed E-state index contributed by atoms with van der Waals surface area (Å²) in [5.74, 6) is -0.0707. The maximum absolute atomic E-state index is 12.1. The van der Waals surface area contributed by atoms with Gasteiger partial charge in [0.2, 0.25) is 0 Å². The lowest BCUT2D eigenvalue weighted by atomic mass is 9.92. The predicted octanol–water partition coefficient (Wildman–Crippen LogP) is 2.10. The van der Waals surface area contributed by atoms with Gasteiger partial charge in [0.15, 0.2) is 0 Å². The number of hydrogen-bond acceptors (Lipinski definition) is 3. The standard InChI is InChI=1S/C13H18IN3O2/c1-8-5-4-6-9(10(8)14)11(18)16-7-13(2,3)12(15)17-19/h4-6,19H,7H2,1-3H3,(H2,15,17)(H,16,18). The second-order valence-corrected chi connectivity index (χ2v) is 6.07. The van der Waals surface area contributed by atoms with Gasteiger partial charge in [-0.1, -0.05) is 31.1 Å². The fourth-order valence-electron chi connectivity index (χ4n) is 1.45. The van der Waals surface area contributed by atoms with Crippen molar-refractivity contribution in [2.75, 3.05) is 6.54 Å². The van der Waals surface area contributed by atoms with Crippen LogP contribution in [0.2, 0.25) is 0 Å². The summed E-state index contributed by atoms with van der Waals surface area (Å²) in [5.41, 5.74) is 6.67. The van der Waals surface area contributed by atoms with E-state index in [2.05, 4.69) is 33.1 Å². The van der Waals surface area contributed by atoms with Gasteiger partial charge in [0.05, 0.1) is 5.56 Å². The highest BCUT2D eigenvalue weighted by atomic mass is 127. The number of carbonyl (C=O) groups excluding carboxylic acids is 1. The monoisotopic (exact) mass is 375 g/mol. The molecule has 0 saturated carbocycles. The van der Waals surface area contributed by atoms with E-state index in [1.165, 1.54) is 0 Å². The van der Waals surface area contributed by atoms with Gasteiger partial charge in [-0.05, 0) is 41.1 Å². The number of oxime groups is 1. The Labute approximate surface area is 126 Å². The van der Waals surface area contributed by atoms with E-state index >= 15 is 0 Å². The summed E-state index contributed by atoms with van der Waals surface area (Å²) in [4.78, 5) is 12.1. The lowest BCUT2D eigenvalue weighted by molar-refractivity contribution is 0.0943. The minimum Gasteiger partial charge on any atom is -0.409 e. The van der Waals surface area contributed by atoms with Gasteiger partial charge >= 0.3 is 0 Å². The fraction of sp³-hybridized carbons (Fsp3) is 0.385. The van der Waals surface area contributed by atoms with E-state index < -0.39 is 5.41 Å². The molecule has 6 heteroatoms. The summed E-state index contributed by atoms with van der Waals surface area (Å²) in [7, 11) is 0. The Kier molecular flexibility index (Phi) is 5.16. The van der Waals surface area contributed by atoms with Gasteiger partial charge in [-0.3, -0.25) is 4.79 Å². The van der Waals surface area contributed by atoms with Gasteiger partial charge in [0.1, 0.15) is 5.84 Å². The number of nitrogens with zero attached hydrogens (tertiary/aromatic N) is 1. The molecule has 0 aliphatic rings. The maximum atomic E-state index is 12.1. The summed E-state index contributed by atoms with van der Waals surface area (Å²) >= 11 is 2.15. The average Bonchev–Trinajstić information content (AvgIpc) is 2.38. The zero-order valence-corrected chi connectivity index (χ0v) is 13.4. The topological polar surface area (TPSA) is 87.7 Å². The summed E-state index contributed by atoms with van der Waals surface area (Å²) in [6.45, 7) is 5.84. The van der Waals surface area contributed by atoms with Crippen molar-refractivity contribution in [1.29, 1.82) is 0 Å². The number of amides is 1. The van der Waals surface area contributed by atoms with Crippen LogP contribution in [0.4, 0.5) is 0 Å². The van der Waals surface area contributed by atoms with Crippen LogP contribution in [-0.2, 0) is 0 Å². The van der Waals surface area contributed by atoms with Gasteiger partial charge < -0.3 is 16.3 Å². The first-order valence-electron chi connectivity index (χ1n) is 5.81. The van der Waals surface area contributed by atoms with Crippen molar-refractivity contribution in [2.45, 2.75) is 20.8 Å². The van der Waals surface area contributed by atoms with E-state index in [1.807, 2.05) is 19.1 Å². The molecule has 0 aromatic heterocycles. The van der Waals surface area contributed by atoms with Crippen LogP contribution in [0, 0.1) is 15.9 Å². The average molecular weight is 375 g/mol. The molecule has 5 nitrogen and oxygen atoms in total. The third-order valence-corrected chi connectivity index (χ3v) is 4.36. The summed E-state index contributed by atoms with van der Waals surface area (Å²) < 4.78 is 0.930. The van der Waals surface area contributed by atoms with Crippen molar-refractivity contribution in [3.8, 4) is 0 Å². The van der Waals surface area contributed by atoms with Gasteiger partial charge in [-0.25, -0.2) is 0 Å². The van der Waals surface area contributed by atoms with Gasteiger partial charge in [0.25, 0.3) is 5.91 Å². The molecule has 4 N–H and O–H groups in total. The Bertz CT molecular complexity index is 513. The van der Waals surface area contributed by atoms with Crippen molar-refractivity contribution in [3.05, 3.63) is 32.9 Å². The highest BCUT2D eigenvalue weighted by molar-refractivity contribution is 14.1. The molecule has 0 atom stereocenters. The van der Waals surface area contributed by atoms with Gasteiger partial charge in [0, 0.05) is 15.5 Å². The van der Waals surface area contributed by atoms with Crippen LogP contribution in [0.3, 0.4) is 0 Å². The Hall–Kier alpha value is -1.31. The van der Waals surface area contributed by atoms with E-state index in [9.17, 15) is 4.79 Å². The molecule has 1 amide bonds. The Morgan fingerprint density at radius 1 is 1.53 bits per heavy atom. The summed E-state index contributed by atoms with van der Waals surface area (Å²) in [6.07, 6.45) is 0. The maximum Gasteiger partial charge on any atom is 0.252 e. The zero-order valence-electron chi connectivity index (χ0n) is 11.2. The van der Waals surface area contributed by atoms with E-state index in [-0.39, 0.29) is 11.7 Å². The minimum atomic E-state index is -0.598. The molecule has 0 unspecified atom stereocenters. The number of aryl methyl sites for hydroxylation is 1. The van der Waals surface area contributed by atoms with E-state index in [0.717, 1.165) is 9.13 Å². The lowest BCUT2D eigenvalue weighted by Crippen LogP contribution is -2.42. The van der Waals surface area contributed by atoms with Gasteiger partial charge in [-0.2, -0.15) is 0 Å². The SMILES string of the molecule is Cc1cccc(C(=O)NCC(C)(C)/C(N)=N/O)c1I. The Balaban J connectivity index is 2.79. The van der Waals surface area contributed by atoms with E-state index in [0.29, 0.717) is 12.1 Å². The molecule has 1 aromatic rings. The zero-order chi connectivity index (χ0) is 14.6. The molecule has 104 valence electrons. The second kappa shape index (κ2) is 6.23. The Morgan fingerprint density at radius 3 is 2.74 bits per heavy atom. The molecule has 0 bridgehead atoms. The number of amidine groups is 1. The largest absolute Gasteiger partial charge is 0.409 e. The van der Waals surface area contributed by atoms with Crippen molar-refractivity contribution < 1.29 is 10.0 Å². The molecule has 1 rings (SSSR count). The number of benzene rings is 1. The van der Waals surface area contributed by atoms with Crippen molar-refractivity contribution in [2.24, 2.45) is 16.3 Å². The van der Waals surface area contributed by atoms with Crippen LogP contribution < -0.4 is 11.1 Å². The van der Waals surface area contributed by atoms with Crippen molar-refractivity contribution in [3.63, 3.8) is 0 Å². The third-order valence-electron chi connectivity index (χ3n) is 2.93. The van der Waals surface area contributed by atoms with Crippen LogP contribution in [0.15, 0.2) is 23.4 Å². The van der Waals surface area contributed by atoms with Gasteiger partial charge in [-0.15, -0.1) is 0 Å². The summed E-state index contributed by atoms with van der Waals surface area (Å²) in [6, 6.07) is 5.58. The molecule has 1 aromatic carbocycles. The number of nitrogens with one attached hydrogen (secondary N) is 1. The van der Waals surface area contributed by atoms with Crippen LogP contribution >= 0.6 is 22.6 Å². The second-order valence-electron chi connectivity index (χ2n) is 4.99. The first kappa shape index (κ1) is 15.7. The molecule has 0 aliphatic carbocycles. The highest BCUT2D eigenvalue weighted by Gasteiger charge is 2.25. The molecule has 0 heterocycles. The fourth-order valence-corrected chi connectivity index (χ4v) is 2.05. The van der Waals surface area contributed by atoms with Crippen LogP contribution in [0.25, 0.3) is 0 Å². The number of halogens is 1. The third kappa shape index (κ3) is 3.82. The highest BCUT2D eigenvalue weighted by Crippen LogP contribution is 2.18. The number of rotatable bonds is 4. The summed E-state index contributed by atoms with van der Waals surface area (Å²) in [5, 5.41) is 14.5. The minimum absolute atomic E-state index is 0.0896. The molecular weight excluding hydrogens is 357 g/mol. The molecular formula is C13H18IN3O2. The Morgan fingerprint density at radius 2 is 2.16 bits per heavy atom. The van der Waals surface area contributed by atoms with E-state index in [4.69, 9.17) is 10.9 Å². The van der Waals surface area contributed by atoms with Crippen molar-refractivity contribution in [1.82, 2.24) is 5.32 Å². The van der Waals surface area contributed by atoms with Crippen LogP contribution in [0.1, 0.15) is 29.8 Å². The number of carbonyl (C=O) groups is 1. The number of nitrogens with two attached hydrogens (primary N) is 1. The lowest BCUT2D eigenvalue weighted by Gasteiger charge is -2.23. The quantitative estimate of drug-likeness (QED) is 0.248.